The Morgan fingerprint density at radius 3 is 2.64 bits per heavy atom. The molecule has 0 aliphatic heterocycles. The number of furan rings is 1. The fourth-order valence-electron chi connectivity index (χ4n) is 2.95. The van der Waals surface area contributed by atoms with Gasteiger partial charge in [0.2, 0.25) is 0 Å². The highest BCUT2D eigenvalue weighted by molar-refractivity contribution is 5.85. The summed E-state index contributed by atoms with van der Waals surface area (Å²) in [6.07, 6.45) is 3.63. The van der Waals surface area contributed by atoms with E-state index < -0.39 is 0 Å². The third kappa shape index (κ3) is 3.27. The minimum Gasteiger partial charge on any atom is -0.493 e. The van der Waals surface area contributed by atoms with E-state index >= 15 is 0 Å². The molecule has 0 radical (unpaired) electrons. The number of aryl methyl sites for hydroxylation is 1. The molecule has 0 amide bonds. The quantitative estimate of drug-likeness (QED) is 0.595. The number of benzene rings is 1. The van der Waals surface area contributed by atoms with Crippen molar-refractivity contribution in [1.82, 2.24) is 4.57 Å². The molecule has 0 saturated heterocycles. The minimum atomic E-state index is -0.0653. The van der Waals surface area contributed by atoms with Gasteiger partial charge in [0.05, 0.1) is 31.2 Å². The summed E-state index contributed by atoms with van der Waals surface area (Å²) in [5.41, 5.74) is 1.51. The molecule has 0 unspecified atom stereocenters. The van der Waals surface area contributed by atoms with E-state index in [9.17, 15) is 4.79 Å². The molecule has 132 valence electrons. The average molecular weight is 341 g/mol. The van der Waals surface area contributed by atoms with Gasteiger partial charge in [-0.3, -0.25) is 4.79 Å². The molecule has 0 bridgehead atoms. The van der Waals surface area contributed by atoms with Crippen molar-refractivity contribution in [2.75, 3.05) is 13.7 Å². The van der Waals surface area contributed by atoms with Gasteiger partial charge in [-0.05, 0) is 31.5 Å². The third-order valence-electron chi connectivity index (χ3n) is 4.24. The average Bonchev–Trinajstić information content (AvgIpc) is 3.16. The van der Waals surface area contributed by atoms with Crippen molar-refractivity contribution in [3.63, 3.8) is 0 Å². The smallest absolute Gasteiger partial charge is 0.190 e. The molecule has 3 rings (SSSR count). The number of hydrogen-bond donors (Lipinski definition) is 0. The minimum absolute atomic E-state index is 0.0653. The molecule has 0 aliphatic carbocycles. The van der Waals surface area contributed by atoms with Gasteiger partial charge in [-0.25, -0.2) is 0 Å². The third-order valence-corrected chi connectivity index (χ3v) is 4.24. The summed E-state index contributed by atoms with van der Waals surface area (Å²) < 4.78 is 18.9. The summed E-state index contributed by atoms with van der Waals surface area (Å²) in [6.45, 7) is 5.48. The number of hydrogen-bond acceptors (Lipinski definition) is 4. The Hall–Kier alpha value is -2.69. The summed E-state index contributed by atoms with van der Waals surface area (Å²) in [5.74, 6) is 1.90. The second-order valence-corrected chi connectivity index (χ2v) is 5.84. The van der Waals surface area contributed by atoms with Crippen molar-refractivity contribution in [3.8, 4) is 23.0 Å². The predicted molar refractivity (Wildman–Crippen MR) is 98.5 cm³/mol. The van der Waals surface area contributed by atoms with Crippen LogP contribution in [0.3, 0.4) is 0 Å². The Kier molecular flexibility index (Phi) is 5.12. The van der Waals surface area contributed by atoms with E-state index in [0.717, 1.165) is 24.1 Å². The van der Waals surface area contributed by atoms with Crippen LogP contribution in [-0.4, -0.2) is 18.3 Å². The Labute approximate surface area is 146 Å². The molecule has 1 aromatic carbocycles. The fourth-order valence-corrected chi connectivity index (χ4v) is 2.95. The molecule has 0 saturated carbocycles. The molecule has 5 nitrogen and oxygen atoms in total. The summed E-state index contributed by atoms with van der Waals surface area (Å²) >= 11 is 0. The Bertz CT molecular complexity index is 910. The lowest BCUT2D eigenvalue weighted by Gasteiger charge is -2.17. The molecule has 25 heavy (non-hydrogen) atoms. The zero-order valence-electron chi connectivity index (χ0n) is 14.9. The molecule has 3 aromatic rings. The molecule has 2 heterocycles. The molecule has 0 atom stereocenters. The van der Waals surface area contributed by atoms with E-state index in [0.29, 0.717) is 35.8 Å². The Balaban J connectivity index is 2.22. The number of methoxy groups -OCH3 is 1. The van der Waals surface area contributed by atoms with Crippen LogP contribution in [0, 0.1) is 0 Å². The maximum atomic E-state index is 12.7. The van der Waals surface area contributed by atoms with E-state index in [4.69, 9.17) is 13.9 Å². The summed E-state index contributed by atoms with van der Waals surface area (Å²) in [4.78, 5) is 12.7. The Morgan fingerprint density at radius 1 is 1.16 bits per heavy atom. The van der Waals surface area contributed by atoms with Gasteiger partial charge in [-0.2, -0.15) is 0 Å². The first kappa shape index (κ1) is 17.1. The lowest BCUT2D eigenvalue weighted by atomic mass is 10.1. The van der Waals surface area contributed by atoms with Gasteiger partial charge in [0.15, 0.2) is 16.9 Å². The molecule has 0 spiro atoms. The summed E-state index contributed by atoms with van der Waals surface area (Å²) in [7, 11) is 1.59. The lowest BCUT2D eigenvalue weighted by molar-refractivity contribution is 0.288. The van der Waals surface area contributed by atoms with Gasteiger partial charge in [-0.15, -0.1) is 0 Å². The Morgan fingerprint density at radius 2 is 2.00 bits per heavy atom. The normalized spacial score (nSPS) is 11.0. The van der Waals surface area contributed by atoms with Gasteiger partial charge >= 0.3 is 0 Å². The monoisotopic (exact) mass is 341 g/mol. The number of nitrogens with zero attached hydrogens (tertiary/aromatic N) is 1. The van der Waals surface area contributed by atoms with Crippen molar-refractivity contribution in [2.24, 2.45) is 0 Å². The summed E-state index contributed by atoms with van der Waals surface area (Å²) in [6, 6.07) is 8.94. The van der Waals surface area contributed by atoms with Crippen LogP contribution in [0.2, 0.25) is 0 Å². The zero-order valence-corrected chi connectivity index (χ0v) is 14.9. The number of ether oxygens (including phenoxy) is 2. The number of unbranched alkanes of at least 4 members (excludes halogenated alkanes) is 1. The lowest BCUT2D eigenvalue weighted by Crippen LogP contribution is -2.12. The van der Waals surface area contributed by atoms with Gasteiger partial charge in [0.1, 0.15) is 5.76 Å². The van der Waals surface area contributed by atoms with Crippen LogP contribution in [0.15, 0.2) is 45.8 Å². The van der Waals surface area contributed by atoms with Crippen LogP contribution in [0.5, 0.6) is 11.5 Å². The number of fused-ring (bicyclic) bond motifs is 1. The maximum absolute atomic E-state index is 12.7. The SMILES string of the molecule is CCCCOc1cc2c(cc1OC)c(=O)cc(-c1ccco1)n2CC. The zero-order chi connectivity index (χ0) is 17.8. The molecule has 0 fully saturated rings. The van der Waals surface area contributed by atoms with Gasteiger partial charge < -0.3 is 18.5 Å². The van der Waals surface area contributed by atoms with E-state index in [-0.39, 0.29) is 5.43 Å². The van der Waals surface area contributed by atoms with E-state index in [1.165, 1.54) is 0 Å². The van der Waals surface area contributed by atoms with Crippen molar-refractivity contribution in [3.05, 3.63) is 46.8 Å². The topological polar surface area (TPSA) is 53.6 Å². The van der Waals surface area contributed by atoms with Crippen molar-refractivity contribution in [1.29, 1.82) is 0 Å². The largest absolute Gasteiger partial charge is 0.493 e. The highest BCUT2D eigenvalue weighted by Gasteiger charge is 2.16. The van der Waals surface area contributed by atoms with E-state index in [1.54, 1.807) is 25.5 Å². The highest BCUT2D eigenvalue weighted by atomic mass is 16.5. The van der Waals surface area contributed by atoms with Gasteiger partial charge in [0.25, 0.3) is 0 Å². The van der Waals surface area contributed by atoms with E-state index in [2.05, 4.69) is 11.5 Å². The van der Waals surface area contributed by atoms with Gasteiger partial charge in [0, 0.05) is 24.1 Å². The molecular formula is C20H23NO4. The molecule has 0 aliphatic rings. The first-order valence-electron chi connectivity index (χ1n) is 8.61. The van der Waals surface area contributed by atoms with Gasteiger partial charge in [-0.1, -0.05) is 13.3 Å². The second-order valence-electron chi connectivity index (χ2n) is 5.84. The standard InChI is InChI=1S/C20H23NO4/c1-4-6-9-25-20-13-15-14(11-19(20)23-3)17(22)12-16(21(15)5-2)18-8-7-10-24-18/h7-8,10-13H,4-6,9H2,1-3H3. The first-order chi connectivity index (χ1) is 12.2. The number of pyridine rings is 1. The predicted octanol–water partition coefficient (Wildman–Crippen LogP) is 4.47. The van der Waals surface area contributed by atoms with Crippen LogP contribution in [0.4, 0.5) is 0 Å². The molecule has 0 N–H and O–H groups in total. The fraction of sp³-hybridized carbons (Fsp3) is 0.350. The van der Waals surface area contributed by atoms with Crippen LogP contribution >= 0.6 is 0 Å². The highest BCUT2D eigenvalue weighted by Crippen LogP contribution is 2.33. The van der Waals surface area contributed by atoms with Crippen LogP contribution in [-0.2, 0) is 6.54 Å². The molecule has 2 aromatic heterocycles. The number of aromatic nitrogens is 1. The van der Waals surface area contributed by atoms with Crippen molar-refractivity contribution >= 4 is 10.9 Å². The first-order valence-corrected chi connectivity index (χ1v) is 8.61. The summed E-state index contributed by atoms with van der Waals surface area (Å²) in [5, 5.41) is 0.608. The molecule has 5 heteroatoms. The van der Waals surface area contributed by atoms with E-state index in [1.807, 2.05) is 25.1 Å². The second kappa shape index (κ2) is 7.47. The van der Waals surface area contributed by atoms with Crippen LogP contribution < -0.4 is 14.9 Å². The molecular weight excluding hydrogens is 318 g/mol. The van der Waals surface area contributed by atoms with Crippen LogP contribution in [0.1, 0.15) is 26.7 Å². The van der Waals surface area contributed by atoms with Crippen molar-refractivity contribution in [2.45, 2.75) is 33.2 Å². The van der Waals surface area contributed by atoms with Crippen LogP contribution in [0.25, 0.3) is 22.4 Å². The number of rotatable bonds is 7. The maximum Gasteiger partial charge on any atom is 0.190 e. The van der Waals surface area contributed by atoms with Crippen molar-refractivity contribution < 1.29 is 13.9 Å².